The fraction of sp³-hybridized carbons (Fsp3) is 0.211. The summed E-state index contributed by atoms with van der Waals surface area (Å²) in [7, 11) is 1.89. The Morgan fingerprint density at radius 1 is 1.16 bits per heavy atom. The topological polar surface area (TPSA) is 59.8 Å². The third-order valence-corrected chi connectivity index (χ3v) is 4.26. The number of rotatable bonds is 6. The van der Waals surface area contributed by atoms with E-state index in [1.54, 1.807) is 6.33 Å². The molecule has 6 heteroatoms. The first kappa shape index (κ1) is 17.2. The van der Waals surface area contributed by atoms with E-state index >= 15 is 0 Å². The second-order valence-corrected chi connectivity index (χ2v) is 6.26. The zero-order valence-electron chi connectivity index (χ0n) is 13.9. The number of nitrogens with zero attached hydrogens (tertiary/aromatic N) is 3. The van der Waals surface area contributed by atoms with Crippen LogP contribution in [0.25, 0.3) is 0 Å². The molecule has 0 bridgehead atoms. The number of amides is 1. The van der Waals surface area contributed by atoms with Crippen molar-refractivity contribution in [2.24, 2.45) is 7.05 Å². The van der Waals surface area contributed by atoms with E-state index in [1.165, 1.54) is 0 Å². The van der Waals surface area contributed by atoms with Crippen molar-refractivity contribution in [1.82, 2.24) is 20.1 Å². The summed E-state index contributed by atoms with van der Waals surface area (Å²) in [5, 5.41) is 11.5. The number of aromatic nitrogens is 3. The molecule has 1 aromatic heterocycles. The summed E-state index contributed by atoms with van der Waals surface area (Å²) in [4.78, 5) is 12.5. The van der Waals surface area contributed by atoms with E-state index in [0.29, 0.717) is 30.0 Å². The molecule has 0 fully saturated rings. The number of hydrogen-bond acceptors (Lipinski definition) is 3. The van der Waals surface area contributed by atoms with Crippen molar-refractivity contribution in [1.29, 1.82) is 0 Å². The van der Waals surface area contributed by atoms with Crippen LogP contribution in [0.3, 0.4) is 0 Å². The molecule has 0 aliphatic heterocycles. The van der Waals surface area contributed by atoms with E-state index in [9.17, 15) is 4.79 Å². The SMILES string of the molecule is Cn1cnnc1CCNC(=O)c1ccccc1Cc1ccc(Cl)cc1. The molecule has 0 atom stereocenters. The molecule has 0 unspecified atom stereocenters. The van der Waals surface area contributed by atoms with Crippen molar-refractivity contribution in [3.8, 4) is 0 Å². The number of nitrogens with one attached hydrogen (secondary N) is 1. The molecule has 0 aliphatic rings. The number of hydrogen-bond donors (Lipinski definition) is 1. The Morgan fingerprint density at radius 3 is 2.64 bits per heavy atom. The Kier molecular flexibility index (Phi) is 5.46. The molecule has 0 radical (unpaired) electrons. The van der Waals surface area contributed by atoms with Crippen LogP contribution < -0.4 is 5.32 Å². The van der Waals surface area contributed by atoms with Crippen LogP contribution in [0.15, 0.2) is 54.9 Å². The average molecular weight is 355 g/mol. The summed E-state index contributed by atoms with van der Waals surface area (Å²) in [5.41, 5.74) is 2.79. The van der Waals surface area contributed by atoms with Gasteiger partial charge in [0, 0.05) is 30.6 Å². The predicted molar refractivity (Wildman–Crippen MR) is 97.7 cm³/mol. The van der Waals surface area contributed by atoms with Gasteiger partial charge in [-0.15, -0.1) is 10.2 Å². The van der Waals surface area contributed by atoms with Crippen molar-refractivity contribution in [3.63, 3.8) is 0 Å². The molecule has 3 aromatic rings. The Labute approximate surface area is 151 Å². The molecule has 1 amide bonds. The second kappa shape index (κ2) is 7.94. The van der Waals surface area contributed by atoms with Crippen molar-refractivity contribution >= 4 is 17.5 Å². The van der Waals surface area contributed by atoms with E-state index in [2.05, 4.69) is 15.5 Å². The fourth-order valence-electron chi connectivity index (χ4n) is 2.63. The van der Waals surface area contributed by atoms with Crippen molar-refractivity contribution in [2.75, 3.05) is 6.54 Å². The van der Waals surface area contributed by atoms with Gasteiger partial charge in [-0.1, -0.05) is 41.9 Å². The summed E-state index contributed by atoms with van der Waals surface area (Å²) in [6, 6.07) is 15.3. The van der Waals surface area contributed by atoms with Crippen LogP contribution in [0, 0.1) is 0 Å². The summed E-state index contributed by atoms with van der Waals surface area (Å²) in [5.74, 6) is 0.765. The lowest BCUT2D eigenvalue weighted by atomic mass is 9.99. The Balaban J connectivity index is 1.66. The van der Waals surface area contributed by atoms with E-state index in [0.717, 1.165) is 17.0 Å². The van der Waals surface area contributed by atoms with Crippen LogP contribution in [-0.4, -0.2) is 27.2 Å². The lowest BCUT2D eigenvalue weighted by Gasteiger charge is -2.10. The van der Waals surface area contributed by atoms with Crippen LogP contribution >= 0.6 is 11.6 Å². The van der Waals surface area contributed by atoms with Crippen LogP contribution in [0.2, 0.25) is 5.02 Å². The Morgan fingerprint density at radius 2 is 1.92 bits per heavy atom. The molecule has 2 aromatic carbocycles. The molecule has 0 saturated heterocycles. The average Bonchev–Trinajstić information content (AvgIpc) is 3.02. The van der Waals surface area contributed by atoms with E-state index < -0.39 is 0 Å². The summed E-state index contributed by atoms with van der Waals surface area (Å²) < 4.78 is 1.85. The van der Waals surface area contributed by atoms with Gasteiger partial charge >= 0.3 is 0 Å². The highest BCUT2D eigenvalue weighted by Crippen LogP contribution is 2.16. The lowest BCUT2D eigenvalue weighted by Crippen LogP contribution is -2.27. The van der Waals surface area contributed by atoms with Crippen LogP contribution in [-0.2, 0) is 19.9 Å². The van der Waals surface area contributed by atoms with Crippen molar-refractivity contribution in [3.05, 3.63) is 82.4 Å². The van der Waals surface area contributed by atoms with Crippen LogP contribution in [0.5, 0.6) is 0 Å². The first-order valence-corrected chi connectivity index (χ1v) is 8.44. The zero-order chi connectivity index (χ0) is 17.6. The molecule has 25 heavy (non-hydrogen) atoms. The molecule has 0 aliphatic carbocycles. The summed E-state index contributed by atoms with van der Waals surface area (Å²) in [6.45, 7) is 0.515. The molecule has 1 N–H and O–H groups in total. The van der Waals surface area contributed by atoms with Gasteiger partial charge in [-0.3, -0.25) is 4.79 Å². The summed E-state index contributed by atoms with van der Waals surface area (Å²) >= 11 is 5.93. The van der Waals surface area contributed by atoms with Gasteiger partial charge in [0.05, 0.1) is 0 Å². The third-order valence-electron chi connectivity index (χ3n) is 4.01. The van der Waals surface area contributed by atoms with Gasteiger partial charge in [0.1, 0.15) is 12.2 Å². The second-order valence-electron chi connectivity index (χ2n) is 5.82. The van der Waals surface area contributed by atoms with Gasteiger partial charge in [-0.25, -0.2) is 0 Å². The highest BCUT2D eigenvalue weighted by molar-refractivity contribution is 6.30. The lowest BCUT2D eigenvalue weighted by molar-refractivity contribution is 0.0953. The third kappa shape index (κ3) is 4.45. The van der Waals surface area contributed by atoms with E-state index in [4.69, 9.17) is 11.6 Å². The molecule has 128 valence electrons. The Bertz CT molecular complexity index is 858. The molecular formula is C19H19ClN4O. The minimum atomic E-state index is -0.0771. The normalized spacial score (nSPS) is 10.6. The zero-order valence-corrected chi connectivity index (χ0v) is 14.7. The molecule has 0 saturated carbocycles. The largest absolute Gasteiger partial charge is 0.352 e. The maximum Gasteiger partial charge on any atom is 0.251 e. The maximum atomic E-state index is 12.5. The van der Waals surface area contributed by atoms with Crippen LogP contribution in [0.4, 0.5) is 0 Å². The smallest absolute Gasteiger partial charge is 0.251 e. The monoisotopic (exact) mass is 354 g/mol. The van der Waals surface area contributed by atoms with Crippen LogP contribution in [0.1, 0.15) is 27.3 Å². The number of carbonyl (C=O) groups excluding carboxylic acids is 1. The standard InChI is InChI=1S/C19H19ClN4O/c1-24-13-22-23-18(24)10-11-21-19(25)17-5-3-2-4-15(17)12-14-6-8-16(20)9-7-14/h2-9,13H,10-12H2,1H3,(H,21,25). The Hall–Kier alpha value is -2.66. The van der Waals surface area contributed by atoms with E-state index in [1.807, 2.05) is 60.1 Å². The van der Waals surface area contributed by atoms with Gasteiger partial charge in [0.2, 0.25) is 0 Å². The number of aryl methyl sites for hydroxylation is 1. The van der Waals surface area contributed by atoms with Gasteiger partial charge in [-0.2, -0.15) is 0 Å². The molecule has 0 spiro atoms. The minimum Gasteiger partial charge on any atom is -0.352 e. The predicted octanol–water partition coefficient (Wildman–Crippen LogP) is 3.03. The first-order chi connectivity index (χ1) is 12.1. The molecule has 5 nitrogen and oxygen atoms in total. The molecular weight excluding hydrogens is 336 g/mol. The number of benzene rings is 2. The van der Waals surface area contributed by atoms with Gasteiger partial charge in [-0.05, 0) is 35.7 Å². The van der Waals surface area contributed by atoms with Crippen molar-refractivity contribution < 1.29 is 4.79 Å². The first-order valence-electron chi connectivity index (χ1n) is 8.07. The highest BCUT2D eigenvalue weighted by atomic mass is 35.5. The molecule has 3 rings (SSSR count). The number of halogens is 1. The minimum absolute atomic E-state index is 0.0771. The molecule has 1 heterocycles. The van der Waals surface area contributed by atoms with Crippen molar-refractivity contribution in [2.45, 2.75) is 12.8 Å². The van der Waals surface area contributed by atoms with Gasteiger partial charge in [0.15, 0.2) is 0 Å². The van der Waals surface area contributed by atoms with Gasteiger partial charge in [0.25, 0.3) is 5.91 Å². The van der Waals surface area contributed by atoms with Gasteiger partial charge < -0.3 is 9.88 Å². The number of carbonyl (C=O) groups is 1. The maximum absolute atomic E-state index is 12.5. The van der Waals surface area contributed by atoms with E-state index in [-0.39, 0.29) is 5.91 Å². The summed E-state index contributed by atoms with van der Waals surface area (Å²) in [6.07, 6.45) is 2.98. The highest BCUT2D eigenvalue weighted by Gasteiger charge is 2.11. The fourth-order valence-corrected chi connectivity index (χ4v) is 2.76. The quantitative estimate of drug-likeness (QED) is 0.740.